The first kappa shape index (κ1) is 13.2. The molecule has 1 atom stereocenters. The molecule has 0 aromatic heterocycles. The van der Waals surface area contributed by atoms with Crippen molar-refractivity contribution < 1.29 is 23.4 Å². The number of aliphatic carboxylic acids is 1. The van der Waals surface area contributed by atoms with Crippen molar-refractivity contribution in [2.45, 2.75) is 25.9 Å². The predicted molar refractivity (Wildman–Crippen MR) is 58.2 cm³/mol. The van der Waals surface area contributed by atoms with E-state index in [1.54, 1.807) is 6.92 Å². The lowest BCUT2D eigenvalue weighted by atomic mass is 9.95. The molecule has 1 rings (SSSR count). The van der Waals surface area contributed by atoms with Gasteiger partial charge in [-0.05, 0) is 30.2 Å². The highest BCUT2D eigenvalue weighted by Gasteiger charge is 2.21. The van der Waals surface area contributed by atoms with E-state index in [0.717, 1.165) is 0 Å². The first-order valence-corrected chi connectivity index (χ1v) is 5.02. The Morgan fingerprint density at radius 2 is 2.18 bits per heavy atom. The summed E-state index contributed by atoms with van der Waals surface area (Å²) in [5.41, 5.74) is 6.17. The maximum Gasteiger partial charge on any atom is 0.387 e. The number of nitrogen functional groups attached to an aromatic ring is 1. The fourth-order valence-corrected chi connectivity index (χ4v) is 1.56. The number of hydrogen-bond donors (Lipinski definition) is 2. The van der Waals surface area contributed by atoms with Crippen LogP contribution in [0.3, 0.4) is 0 Å². The van der Waals surface area contributed by atoms with Gasteiger partial charge in [-0.3, -0.25) is 4.79 Å². The van der Waals surface area contributed by atoms with Gasteiger partial charge in [0.25, 0.3) is 0 Å². The Morgan fingerprint density at radius 3 is 2.65 bits per heavy atom. The number of benzene rings is 1. The lowest BCUT2D eigenvalue weighted by Crippen LogP contribution is -2.13. The molecule has 1 aromatic carbocycles. The second-order valence-corrected chi connectivity index (χ2v) is 3.47. The molecule has 0 aliphatic rings. The van der Waals surface area contributed by atoms with Crippen LogP contribution in [0.4, 0.5) is 14.5 Å². The summed E-state index contributed by atoms with van der Waals surface area (Å²) in [7, 11) is 0. The van der Waals surface area contributed by atoms with Gasteiger partial charge in [-0.25, -0.2) is 0 Å². The average Bonchev–Trinajstić information content (AvgIpc) is 2.22. The molecule has 4 nitrogen and oxygen atoms in total. The van der Waals surface area contributed by atoms with Gasteiger partial charge >= 0.3 is 12.6 Å². The Hall–Kier alpha value is -1.85. The molecule has 6 heteroatoms. The van der Waals surface area contributed by atoms with Crippen molar-refractivity contribution in [2.24, 2.45) is 0 Å². The summed E-state index contributed by atoms with van der Waals surface area (Å²) in [4.78, 5) is 11.0. The maximum absolute atomic E-state index is 12.0. The Kier molecular flexibility index (Phi) is 4.25. The van der Waals surface area contributed by atoms with Gasteiger partial charge in [0.05, 0.1) is 5.92 Å². The molecule has 0 spiro atoms. The van der Waals surface area contributed by atoms with Crippen molar-refractivity contribution in [3.8, 4) is 5.75 Å². The van der Waals surface area contributed by atoms with Gasteiger partial charge < -0.3 is 15.6 Å². The molecule has 0 radical (unpaired) electrons. The van der Waals surface area contributed by atoms with Gasteiger partial charge in [-0.1, -0.05) is 6.92 Å². The monoisotopic (exact) mass is 245 g/mol. The molecule has 0 saturated heterocycles. The summed E-state index contributed by atoms with van der Waals surface area (Å²) >= 11 is 0. The normalized spacial score (nSPS) is 12.5. The van der Waals surface area contributed by atoms with Gasteiger partial charge in [0, 0.05) is 5.69 Å². The molecule has 0 heterocycles. The molecule has 0 aliphatic carbocycles. The quantitative estimate of drug-likeness (QED) is 0.781. The minimum absolute atomic E-state index is 0.0936. The number of ether oxygens (including phenoxy) is 1. The van der Waals surface area contributed by atoms with Gasteiger partial charge in [-0.15, -0.1) is 0 Å². The zero-order valence-electron chi connectivity index (χ0n) is 9.19. The Balaban J connectivity index is 3.08. The van der Waals surface area contributed by atoms with Crippen molar-refractivity contribution in [3.05, 3.63) is 23.8 Å². The van der Waals surface area contributed by atoms with Crippen LogP contribution in [0.1, 0.15) is 24.8 Å². The Labute approximate surface area is 97.0 Å². The molecular formula is C11H13F2NO3. The standard InChI is InChI=1S/C11H13F2NO3/c1-2-7(10(15)16)8-5-6(17-11(12)13)3-4-9(8)14/h3-5,7,11H,2,14H2,1H3,(H,15,16). The molecule has 1 aromatic rings. The number of anilines is 1. The lowest BCUT2D eigenvalue weighted by molar-refractivity contribution is -0.138. The average molecular weight is 245 g/mol. The van der Waals surface area contributed by atoms with Crippen LogP contribution in [0.2, 0.25) is 0 Å². The van der Waals surface area contributed by atoms with E-state index in [2.05, 4.69) is 4.74 Å². The van der Waals surface area contributed by atoms with Crippen LogP contribution in [0.25, 0.3) is 0 Å². The van der Waals surface area contributed by atoms with Crippen molar-refractivity contribution in [1.82, 2.24) is 0 Å². The minimum atomic E-state index is -2.95. The highest BCUT2D eigenvalue weighted by atomic mass is 19.3. The molecule has 0 fully saturated rings. The minimum Gasteiger partial charge on any atom is -0.481 e. The van der Waals surface area contributed by atoms with Gasteiger partial charge in [0.1, 0.15) is 5.75 Å². The van der Waals surface area contributed by atoms with E-state index in [-0.39, 0.29) is 17.0 Å². The molecule has 0 aliphatic heterocycles. The van der Waals surface area contributed by atoms with Gasteiger partial charge in [0.2, 0.25) is 0 Å². The predicted octanol–water partition coefficient (Wildman–Crippen LogP) is 2.45. The molecule has 0 saturated carbocycles. The fourth-order valence-electron chi connectivity index (χ4n) is 1.56. The Morgan fingerprint density at radius 1 is 1.53 bits per heavy atom. The van der Waals surface area contributed by atoms with E-state index < -0.39 is 18.5 Å². The van der Waals surface area contributed by atoms with Crippen molar-refractivity contribution in [3.63, 3.8) is 0 Å². The highest BCUT2D eigenvalue weighted by molar-refractivity contribution is 5.78. The molecule has 0 amide bonds. The first-order valence-electron chi connectivity index (χ1n) is 5.02. The highest BCUT2D eigenvalue weighted by Crippen LogP contribution is 2.29. The zero-order valence-corrected chi connectivity index (χ0v) is 9.19. The van der Waals surface area contributed by atoms with Crippen LogP contribution in [-0.4, -0.2) is 17.7 Å². The summed E-state index contributed by atoms with van der Waals surface area (Å²) in [6, 6.07) is 3.88. The van der Waals surface area contributed by atoms with Crippen LogP contribution in [0.15, 0.2) is 18.2 Å². The van der Waals surface area contributed by atoms with Crippen LogP contribution < -0.4 is 10.5 Å². The number of rotatable bonds is 5. The van der Waals surface area contributed by atoms with Crippen LogP contribution in [-0.2, 0) is 4.79 Å². The third-order valence-corrected chi connectivity index (χ3v) is 2.37. The zero-order chi connectivity index (χ0) is 13.0. The van der Waals surface area contributed by atoms with E-state index in [1.807, 2.05) is 0 Å². The third kappa shape index (κ3) is 3.30. The van der Waals surface area contributed by atoms with Crippen molar-refractivity contribution in [1.29, 1.82) is 0 Å². The number of nitrogens with two attached hydrogens (primary N) is 1. The largest absolute Gasteiger partial charge is 0.481 e. The maximum atomic E-state index is 12.0. The summed E-state index contributed by atoms with van der Waals surface area (Å²) in [6.45, 7) is -1.27. The smallest absolute Gasteiger partial charge is 0.387 e. The topological polar surface area (TPSA) is 72.5 Å². The molecule has 17 heavy (non-hydrogen) atoms. The number of carboxylic acid groups (broad SMARTS) is 1. The van der Waals surface area contributed by atoms with Gasteiger partial charge in [-0.2, -0.15) is 8.78 Å². The number of hydrogen-bond acceptors (Lipinski definition) is 3. The van der Waals surface area contributed by atoms with Crippen molar-refractivity contribution in [2.75, 3.05) is 5.73 Å². The van der Waals surface area contributed by atoms with E-state index in [4.69, 9.17) is 10.8 Å². The van der Waals surface area contributed by atoms with E-state index >= 15 is 0 Å². The summed E-state index contributed by atoms with van der Waals surface area (Å²) in [5.74, 6) is -1.96. The van der Waals surface area contributed by atoms with E-state index in [0.29, 0.717) is 6.42 Å². The number of alkyl halides is 2. The molecule has 1 unspecified atom stereocenters. The lowest BCUT2D eigenvalue weighted by Gasteiger charge is -2.14. The molecule has 94 valence electrons. The van der Waals surface area contributed by atoms with Crippen LogP contribution >= 0.6 is 0 Å². The second kappa shape index (κ2) is 5.47. The van der Waals surface area contributed by atoms with Crippen LogP contribution in [0.5, 0.6) is 5.75 Å². The second-order valence-electron chi connectivity index (χ2n) is 3.47. The molecule has 0 bridgehead atoms. The molecule has 3 N–H and O–H groups in total. The van der Waals surface area contributed by atoms with Gasteiger partial charge in [0.15, 0.2) is 0 Å². The fraction of sp³-hybridized carbons (Fsp3) is 0.364. The number of carbonyl (C=O) groups is 1. The summed E-state index contributed by atoms with van der Waals surface area (Å²) in [5, 5.41) is 8.98. The summed E-state index contributed by atoms with van der Waals surface area (Å²) in [6.07, 6.45) is 0.317. The number of halogens is 2. The third-order valence-electron chi connectivity index (χ3n) is 2.37. The van der Waals surface area contributed by atoms with Crippen LogP contribution in [0, 0.1) is 0 Å². The Bertz CT molecular complexity index is 410. The van der Waals surface area contributed by atoms with E-state index in [1.165, 1.54) is 18.2 Å². The molecular weight excluding hydrogens is 232 g/mol. The number of carboxylic acids is 1. The first-order chi connectivity index (χ1) is 7.95. The van der Waals surface area contributed by atoms with Crippen molar-refractivity contribution >= 4 is 11.7 Å². The van der Waals surface area contributed by atoms with E-state index in [9.17, 15) is 13.6 Å². The SMILES string of the molecule is CCC(C(=O)O)c1cc(OC(F)F)ccc1N. The summed E-state index contributed by atoms with van der Waals surface area (Å²) < 4.78 is 28.3.